The van der Waals surface area contributed by atoms with E-state index in [0.717, 1.165) is 18.9 Å². The Morgan fingerprint density at radius 3 is 2.33 bits per heavy atom. The highest BCUT2D eigenvalue weighted by Crippen LogP contribution is 2.27. The van der Waals surface area contributed by atoms with Crippen LogP contribution >= 0.6 is 0 Å². The first-order chi connectivity index (χ1) is 11.6. The number of benzene rings is 1. The summed E-state index contributed by atoms with van der Waals surface area (Å²) in [6.45, 7) is 5.94. The van der Waals surface area contributed by atoms with E-state index in [1.807, 2.05) is 12.1 Å². The summed E-state index contributed by atoms with van der Waals surface area (Å²) in [6.07, 6.45) is 1.66. The third-order valence-corrected chi connectivity index (χ3v) is 3.74. The minimum absolute atomic E-state index is 0.228. The van der Waals surface area contributed by atoms with Gasteiger partial charge in [0, 0.05) is 18.7 Å². The van der Waals surface area contributed by atoms with Crippen molar-refractivity contribution in [3.05, 3.63) is 42.1 Å². The maximum atomic E-state index is 12.4. The second kappa shape index (κ2) is 8.19. The van der Waals surface area contributed by atoms with Gasteiger partial charge in [-0.25, -0.2) is 4.98 Å². The summed E-state index contributed by atoms with van der Waals surface area (Å²) >= 11 is 0. The van der Waals surface area contributed by atoms with Gasteiger partial charge in [-0.1, -0.05) is 0 Å². The fraction of sp³-hybridized carbons (Fsp3) is 0.333. The zero-order chi connectivity index (χ0) is 17.5. The Hall–Kier alpha value is -2.76. The van der Waals surface area contributed by atoms with Crippen LogP contribution in [0.4, 0.5) is 11.5 Å². The van der Waals surface area contributed by atoms with Gasteiger partial charge in [0.25, 0.3) is 5.91 Å². The fourth-order valence-electron chi connectivity index (χ4n) is 2.38. The quantitative estimate of drug-likeness (QED) is 0.845. The van der Waals surface area contributed by atoms with Crippen LogP contribution in [0.5, 0.6) is 11.5 Å². The van der Waals surface area contributed by atoms with E-state index < -0.39 is 0 Å². The van der Waals surface area contributed by atoms with Crippen molar-refractivity contribution in [2.45, 2.75) is 13.8 Å². The van der Waals surface area contributed by atoms with E-state index in [2.05, 4.69) is 29.0 Å². The Labute approximate surface area is 142 Å². The van der Waals surface area contributed by atoms with E-state index in [4.69, 9.17) is 9.47 Å². The van der Waals surface area contributed by atoms with Crippen molar-refractivity contribution < 1.29 is 14.3 Å². The minimum atomic E-state index is -0.228. The molecule has 0 fully saturated rings. The van der Waals surface area contributed by atoms with Crippen LogP contribution in [0.15, 0.2) is 36.5 Å². The number of amides is 1. The molecule has 0 aliphatic heterocycles. The molecule has 1 aromatic heterocycles. The molecule has 0 spiro atoms. The molecule has 0 unspecified atom stereocenters. The fourth-order valence-corrected chi connectivity index (χ4v) is 2.38. The molecule has 24 heavy (non-hydrogen) atoms. The number of nitrogens with one attached hydrogen (secondary N) is 1. The molecule has 0 saturated heterocycles. The molecule has 1 N–H and O–H groups in total. The molecule has 1 amide bonds. The molecule has 0 aliphatic carbocycles. The first-order valence-corrected chi connectivity index (χ1v) is 7.87. The summed E-state index contributed by atoms with van der Waals surface area (Å²) < 4.78 is 10.4. The van der Waals surface area contributed by atoms with Gasteiger partial charge in [0.05, 0.1) is 26.1 Å². The summed E-state index contributed by atoms with van der Waals surface area (Å²) in [4.78, 5) is 18.9. The summed E-state index contributed by atoms with van der Waals surface area (Å²) in [5, 5.41) is 2.83. The molecule has 128 valence electrons. The molecule has 0 atom stereocenters. The van der Waals surface area contributed by atoms with Gasteiger partial charge in [-0.2, -0.15) is 0 Å². The third kappa shape index (κ3) is 3.95. The van der Waals surface area contributed by atoms with Gasteiger partial charge in [0.1, 0.15) is 5.82 Å². The molecular formula is C18H23N3O3. The lowest BCUT2D eigenvalue weighted by molar-refractivity contribution is 0.102. The largest absolute Gasteiger partial charge is 0.493 e. The van der Waals surface area contributed by atoms with Crippen LogP contribution in [0.2, 0.25) is 0 Å². The van der Waals surface area contributed by atoms with Gasteiger partial charge >= 0.3 is 0 Å². The molecular weight excluding hydrogens is 306 g/mol. The van der Waals surface area contributed by atoms with Crippen LogP contribution in [-0.2, 0) is 0 Å². The van der Waals surface area contributed by atoms with Crippen LogP contribution in [0.25, 0.3) is 0 Å². The monoisotopic (exact) mass is 329 g/mol. The van der Waals surface area contributed by atoms with E-state index in [-0.39, 0.29) is 5.91 Å². The lowest BCUT2D eigenvalue weighted by Crippen LogP contribution is -2.22. The molecule has 0 saturated carbocycles. The Morgan fingerprint density at radius 1 is 1.08 bits per heavy atom. The van der Waals surface area contributed by atoms with Crippen molar-refractivity contribution in [3.63, 3.8) is 0 Å². The van der Waals surface area contributed by atoms with Gasteiger partial charge in [-0.3, -0.25) is 4.79 Å². The molecule has 0 aliphatic rings. The zero-order valence-corrected chi connectivity index (χ0v) is 14.5. The Kier molecular flexibility index (Phi) is 6.01. The topological polar surface area (TPSA) is 63.7 Å². The number of methoxy groups -OCH3 is 2. The highest BCUT2D eigenvalue weighted by molar-refractivity contribution is 6.04. The zero-order valence-electron chi connectivity index (χ0n) is 14.5. The highest BCUT2D eigenvalue weighted by atomic mass is 16.5. The summed E-state index contributed by atoms with van der Waals surface area (Å²) in [5.41, 5.74) is 1.13. The van der Waals surface area contributed by atoms with Crippen molar-refractivity contribution in [3.8, 4) is 11.5 Å². The number of aromatic nitrogens is 1. The van der Waals surface area contributed by atoms with Crippen molar-refractivity contribution in [1.82, 2.24) is 4.98 Å². The van der Waals surface area contributed by atoms with E-state index in [0.29, 0.717) is 22.7 Å². The smallest absolute Gasteiger partial charge is 0.255 e. The van der Waals surface area contributed by atoms with Crippen LogP contribution < -0.4 is 19.7 Å². The SMILES string of the molecule is CCN(CC)c1ccc(NC(=O)c2ccc(OC)c(OC)c2)cn1. The average Bonchev–Trinajstić information content (AvgIpc) is 2.63. The van der Waals surface area contributed by atoms with Crippen molar-refractivity contribution in [2.24, 2.45) is 0 Å². The number of carbonyl (C=O) groups excluding carboxylic acids is 1. The van der Waals surface area contributed by atoms with E-state index in [9.17, 15) is 4.79 Å². The Morgan fingerprint density at radius 2 is 1.79 bits per heavy atom. The molecule has 6 nitrogen and oxygen atoms in total. The van der Waals surface area contributed by atoms with Crippen LogP contribution in [0.1, 0.15) is 24.2 Å². The Bertz CT molecular complexity index is 682. The molecule has 0 bridgehead atoms. The first-order valence-electron chi connectivity index (χ1n) is 7.87. The summed E-state index contributed by atoms with van der Waals surface area (Å²) in [7, 11) is 3.09. The summed E-state index contributed by atoms with van der Waals surface area (Å²) in [6, 6.07) is 8.78. The second-order valence-electron chi connectivity index (χ2n) is 5.10. The lowest BCUT2D eigenvalue weighted by atomic mass is 10.2. The second-order valence-corrected chi connectivity index (χ2v) is 5.10. The van der Waals surface area contributed by atoms with Gasteiger partial charge in [0.15, 0.2) is 11.5 Å². The molecule has 0 radical (unpaired) electrons. The molecule has 1 heterocycles. The summed E-state index contributed by atoms with van der Waals surface area (Å²) in [5.74, 6) is 1.76. The molecule has 1 aromatic carbocycles. The maximum absolute atomic E-state index is 12.4. The number of anilines is 2. The maximum Gasteiger partial charge on any atom is 0.255 e. The van der Waals surface area contributed by atoms with Crippen LogP contribution in [-0.4, -0.2) is 38.2 Å². The van der Waals surface area contributed by atoms with Crippen molar-refractivity contribution in [1.29, 1.82) is 0 Å². The minimum Gasteiger partial charge on any atom is -0.493 e. The van der Waals surface area contributed by atoms with Crippen molar-refractivity contribution >= 4 is 17.4 Å². The van der Waals surface area contributed by atoms with Crippen molar-refractivity contribution in [2.75, 3.05) is 37.5 Å². The predicted octanol–water partition coefficient (Wildman–Crippen LogP) is 3.20. The van der Waals surface area contributed by atoms with Gasteiger partial charge in [-0.05, 0) is 44.2 Å². The number of rotatable bonds is 7. The predicted molar refractivity (Wildman–Crippen MR) is 95.3 cm³/mol. The van der Waals surface area contributed by atoms with Crippen LogP contribution in [0, 0.1) is 0 Å². The average molecular weight is 329 g/mol. The van der Waals surface area contributed by atoms with Gasteiger partial charge < -0.3 is 19.7 Å². The Balaban J connectivity index is 2.12. The number of hydrogen-bond acceptors (Lipinski definition) is 5. The lowest BCUT2D eigenvalue weighted by Gasteiger charge is -2.19. The highest BCUT2D eigenvalue weighted by Gasteiger charge is 2.11. The van der Waals surface area contributed by atoms with Gasteiger partial charge in [-0.15, -0.1) is 0 Å². The molecule has 2 aromatic rings. The number of pyridine rings is 1. The van der Waals surface area contributed by atoms with E-state index in [1.54, 1.807) is 31.5 Å². The standard InChI is InChI=1S/C18H23N3O3/c1-5-21(6-2)17-10-8-14(12-19-17)20-18(22)13-7-9-15(23-3)16(11-13)24-4/h7-12H,5-6H2,1-4H3,(H,20,22). The number of nitrogens with zero attached hydrogens (tertiary/aromatic N) is 2. The molecule has 2 rings (SSSR count). The van der Waals surface area contributed by atoms with E-state index in [1.165, 1.54) is 7.11 Å². The van der Waals surface area contributed by atoms with E-state index >= 15 is 0 Å². The third-order valence-electron chi connectivity index (χ3n) is 3.74. The molecule has 6 heteroatoms. The van der Waals surface area contributed by atoms with Gasteiger partial charge in [0.2, 0.25) is 0 Å². The number of hydrogen-bond donors (Lipinski definition) is 1. The number of ether oxygens (including phenoxy) is 2. The first kappa shape index (κ1) is 17.6. The number of carbonyl (C=O) groups is 1. The normalized spacial score (nSPS) is 10.2. The van der Waals surface area contributed by atoms with Crippen LogP contribution in [0.3, 0.4) is 0 Å².